The Morgan fingerprint density at radius 3 is 2.22 bits per heavy atom. The Labute approximate surface area is 221 Å². The molecule has 0 unspecified atom stereocenters. The van der Waals surface area contributed by atoms with Gasteiger partial charge in [0.25, 0.3) is 0 Å². The van der Waals surface area contributed by atoms with E-state index in [0.29, 0.717) is 39.0 Å². The zero-order chi connectivity index (χ0) is 25.3. The van der Waals surface area contributed by atoms with Crippen molar-refractivity contribution in [2.75, 3.05) is 39.3 Å². The zero-order valence-corrected chi connectivity index (χ0v) is 23.0. The number of carbonyl (C=O) groups is 2. The van der Waals surface area contributed by atoms with Crippen LogP contribution in [0.15, 0.2) is 35.7 Å². The topological polar surface area (TPSA) is 43.9 Å². The highest BCUT2D eigenvalue weighted by atomic mass is 32.1. The number of fused-ring (bicyclic) bond motifs is 1. The number of aryl methyl sites for hydroxylation is 1. The SMILES string of the molecule is CCCCCCCCC(=O)N1CCN(C(=O)CCN2CCc3sccc3[C@@H]2c2ccccc2C)CC1. The minimum atomic E-state index is 0.220. The molecule has 2 aliphatic rings. The zero-order valence-electron chi connectivity index (χ0n) is 22.2. The second-order valence-electron chi connectivity index (χ2n) is 10.4. The van der Waals surface area contributed by atoms with Gasteiger partial charge in [-0.2, -0.15) is 0 Å². The number of unbranched alkanes of at least 4 members (excludes halogenated alkanes) is 5. The second-order valence-corrected chi connectivity index (χ2v) is 11.4. The predicted molar refractivity (Wildman–Crippen MR) is 148 cm³/mol. The molecule has 3 heterocycles. The highest BCUT2D eigenvalue weighted by Crippen LogP contribution is 2.38. The smallest absolute Gasteiger partial charge is 0.223 e. The average Bonchev–Trinajstić information content (AvgIpc) is 3.38. The molecule has 4 rings (SSSR count). The average molecular weight is 510 g/mol. The van der Waals surface area contributed by atoms with E-state index < -0.39 is 0 Å². The van der Waals surface area contributed by atoms with Crippen LogP contribution in [0.1, 0.15) is 85.9 Å². The van der Waals surface area contributed by atoms with Gasteiger partial charge < -0.3 is 9.80 Å². The fourth-order valence-electron chi connectivity index (χ4n) is 5.68. The number of benzene rings is 1. The van der Waals surface area contributed by atoms with Gasteiger partial charge >= 0.3 is 0 Å². The van der Waals surface area contributed by atoms with Gasteiger partial charge in [-0.25, -0.2) is 0 Å². The van der Waals surface area contributed by atoms with E-state index in [4.69, 9.17) is 0 Å². The van der Waals surface area contributed by atoms with Gasteiger partial charge in [-0.3, -0.25) is 14.5 Å². The lowest BCUT2D eigenvalue weighted by atomic mass is 9.90. The number of hydrogen-bond donors (Lipinski definition) is 0. The summed E-state index contributed by atoms with van der Waals surface area (Å²) in [6.45, 7) is 8.84. The first kappa shape index (κ1) is 26.9. The standard InChI is InChI=1S/C30H43N3O2S/c1-3-4-5-6-7-8-13-28(34)31-19-21-32(22-20-31)29(35)15-18-33-17-14-27-26(16-23-36-27)30(33)25-12-10-9-11-24(25)2/h9-12,16,23,30H,3-8,13-15,17-22H2,1-2H3/t30-/m0/s1. The minimum absolute atomic E-state index is 0.220. The summed E-state index contributed by atoms with van der Waals surface area (Å²) in [6, 6.07) is 11.1. The van der Waals surface area contributed by atoms with Crippen LogP contribution in [0.25, 0.3) is 0 Å². The normalized spacial score (nSPS) is 18.3. The number of piperazine rings is 1. The lowest BCUT2D eigenvalue weighted by Crippen LogP contribution is -2.51. The van der Waals surface area contributed by atoms with Crippen molar-refractivity contribution in [3.05, 3.63) is 57.3 Å². The van der Waals surface area contributed by atoms with E-state index in [0.717, 1.165) is 32.4 Å². The molecule has 5 nitrogen and oxygen atoms in total. The second kappa shape index (κ2) is 13.4. The number of thiophene rings is 1. The Hall–Kier alpha value is -2.18. The number of amides is 2. The van der Waals surface area contributed by atoms with Gasteiger partial charge in [-0.05, 0) is 47.9 Å². The molecule has 1 aromatic carbocycles. The van der Waals surface area contributed by atoms with Crippen molar-refractivity contribution >= 4 is 23.2 Å². The summed E-state index contributed by atoms with van der Waals surface area (Å²) in [5, 5.41) is 2.21. The molecule has 0 bridgehead atoms. The van der Waals surface area contributed by atoms with Crippen molar-refractivity contribution in [3.8, 4) is 0 Å². The van der Waals surface area contributed by atoms with Gasteiger partial charge in [0.05, 0.1) is 6.04 Å². The maximum atomic E-state index is 13.1. The fraction of sp³-hybridized carbons (Fsp3) is 0.600. The molecule has 6 heteroatoms. The van der Waals surface area contributed by atoms with E-state index in [1.54, 1.807) is 0 Å². The first-order chi connectivity index (χ1) is 17.6. The largest absolute Gasteiger partial charge is 0.339 e. The lowest BCUT2D eigenvalue weighted by Gasteiger charge is -2.38. The van der Waals surface area contributed by atoms with E-state index >= 15 is 0 Å². The number of rotatable bonds is 11. The van der Waals surface area contributed by atoms with E-state index in [9.17, 15) is 9.59 Å². The molecule has 36 heavy (non-hydrogen) atoms. The molecule has 0 radical (unpaired) electrons. The molecular formula is C30H43N3O2S. The Bertz CT molecular complexity index is 996. The molecule has 2 amide bonds. The Morgan fingerprint density at radius 2 is 1.50 bits per heavy atom. The van der Waals surface area contributed by atoms with E-state index in [2.05, 4.69) is 54.5 Å². The third-order valence-electron chi connectivity index (χ3n) is 7.89. The van der Waals surface area contributed by atoms with Crippen molar-refractivity contribution in [2.45, 2.75) is 77.7 Å². The monoisotopic (exact) mass is 509 g/mol. The molecule has 0 N–H and O–H groups in total. The third kappa shape index (κ3) is 6.77. The lowest BCUT2D eigenvalue weighted by molar-refractivity contribution is -0.139. The molecule has 0 saturated carbocycles. The van der Waals surface area contributed by atoms with Crippen LogP contribution in [-0.4, -0.2) is 65.8 Å². The molecule has 1 saturated heterocycles. The molecule has 196 valence electrons. The van der Waals surface area contributed by atoms with Crippen LogP contribution in [0.5, 0.6) is 0 Å². The van der Waals surface area contributed by atoms with Gasteiger partial charge in [-0.1, -0.05) is 63.3 Å². The summed E-state index contributed by atoms with van der Waals surface area (Å²) in [5.41, 5.74) is 4.06. The third-order valence-corrected chi connectivity index (χ3v) is 8.89. The first-order valence-electron chi connectivity index (χ1n) is 14.0. The van der Waals surface area contributed by atoms with Crippen LogP contribution in [0.4, 0.5) is 0 Å². The maximum Gasteiger partial charge on any atom is 0.223 e. The van der Waals surface area contributed by atoms with Crippen molar-refractivity contribution in [3.63, 3.8) is 0 Å². The molecule has 0 spiro atoms. The molecular weight excluding hydrogens is 466 g/mol. The minimum Gasteiger partial charge on any atom is -0.339 e. The van der Waals surface area contributed by atoms with Crippen molar-refractivity contribution in [1.29, 1.82) is 0 Å². The van der Waals surface area contributed by atoms with Crippen LogP contribution >= 0.6 is 11.3 Å². The summed E-state index contributed by atoms with van der Waals surface area (Å²) in [4.78, 5) is 33.6. The van der Waals surface area contributed by atoms with E-state index in [1.165, 1.54) is 47.3 Å². The van der Waals surface area contributed by atoms with Gasteiger partial charge in [-0.15, -0.1) is 11.3 Å². The predicted octanol–water partition coefficient (Wildman–Crippen LogP) is 5.82. The van der Waals surface area contributed by atoms with Crippen LogP contribution in [0.3, 0.4) is 0 Å². The van der Waals surface area contributed by atoms with E-state index in [1.807, 2.05) is 21.1 Å². The highest BCUT2D eigenvalue weighted by molar-refractivity contribution is 7.10. The van der Waals surface area contributed by atoms with Crippen molar-refractivity contribution in [1.82, 2.24) is 14.7 Å². The molecule has 1 aromatic heterocycles. The van der Waals surface area contributed by atoms with Crippen molar-refractivity contribution in [2.24, 2.45) is 0 Å². The molecule has 2 aliphatic heterocycles. The Morgan fingerprint density at radius 1 is 0.833 bits per heavy atom. The molecule has 1 atom stereocenters. The number of carbonyl (C=O) groups excluding carboxylic acids is 2. The summed E-state index contributed by atoms with van der Waals surface area (Å²) in [6.07, 6.45) is 9.45. The first-order valence-corrected chi connectivity index (χ1v) is 14.9. The van der Waals surface area contributed by atoms with E-state index in [-0.39, 0.29) is 17.9 Å². The molecule has 0 aliphatic carbocycles. The molecule has 2 aromatic rings. The van der Waals surface area contributed by atoms with Crippen molar-refractivity contribution < 1.29 is 9.59 Å². The Balaban J connectivity index is 1.25. The van der Waals surface area contributed by atoms with Crippen LogP contribution in [0, 0.1) is 6.92 Å². The molecule has 1 fully saturated rings. The van der Waals surface area contributed by atoms with Crippen LogP contribution < -0.4 is 0 Å². The number of hydrogen-bond acceptors (Lipinski definition) is 4. The van der Waals surface area contributed by atoms with Gasteiger partial charge in [0.2, 0.25) is 11.8 Å². The van der Waals surface area contributed by atoms with Gasteiger partial charge in [0.1, 0.15) is 0 Å². The summed E-state index contributed by atoms with van der Waals surface area (Å²) >= 11 is 1.86. The van der Waals surface area contributed by atoms with Gasteiger partial charge in [0, 0.05) is 57.0 Å². The van der Waals surface area contributed by atoms with Gasteiger partial charge in [0.15, 0.2) is 0 Å². The fourth-order valence-corrected chi connectivity index (χ4v) is 6.59. The van der Waals surface area contributed by atoms with Crippen LogP contribution in [0.2, 0.25) is 0 Å². The quantitative estimate of drug-likeness (QED) is 0.359. The summed E-state index contributed by atoms with van der Waals surface area (Å²) in [5.74, 6) is 0.483. The Kier molecular flexibility index (Phi) is 9.99. The highest BCUT2D eigenvalue weighted by Gasteiger charge is 2.31. The number of nitrogens with zero attached hydrogens (tertiary/aromatic N) is 3. The maximum absolute atomic E-state index is 13.1. The van der Waals surface area contributed by atoms with Crippen LogP contribution in [-0.2, 0) is 16.0 Å². The summed E-state index contributed by atoms with van der Waals surface area (Å²) in [7, 11) is 0. The summed E-state index contributed by atoms with van der Waals surface area (Å²) < 4.78 is 0.